The summed E-state index contributed by atoms with van der Waals surface area (Å²) in [7, 11) is 0. The smallest absolute Gasteiger partial charge is 0.306 e. The number of Topliss-reactive ketones (excluding diaryl/α,β-unsaturated/α-hetero) is 1. The van der Waals surface area contributed by atoms with E-state index < -0.39 is 11.9 Å². The van der Waals surface area contributed by atoms with E-state index in [-0.39, 0.29) is 24.3 Å². The second-order valence-corrected chi connectivity index (χ2v) is 9.18. The minimum atomic E-state index is -0.999. The Labute approximate surface area is 210 Å². The number of aliphatic carboxylic acids is 1. The Kier molecular flexibility index (Phi) is 9.79. The normalized spacial score (nSPS) is 11.8. The summed E-state index contributed by atoms with van der Waals surface area (Å²) in [5.74, 6) is -1.55. The molecule has 2 aromatic carbocycles. The lowest BCUT2D eigenvalue weighted by Crippen LogP contribution is -2.30. The number of carboxylic acid groups (broad SMARTS) is 1. The van der Waals surface area contributed by atoms with Crippen molar-refractivity contribution in [2.45, 2.75) is 58.4 Å². The molecule has 0 bridgehead atoms. The Balaban J connectivity index is 1.78. The van der Waals surface area contributed by atoms with Crippen molar-refractivity contribution in [3.8, 4) is 11.3 Å². The van der Waals surface area contributed by atoms with Crippen molar-refractivity contribution in [2.24, 2.45) is 5.92 Å². The van der Waals surface area contributed by atoms with Gasteiger partial charge < -0.3 is 5.11 Å². The quantitative estimate of drug-likeness (QED) is 0.313. The summed E-state index contributed by atoms with van der Waals surface area (Å²) in [6.45, 7) is 1.92. The van der Waals surface area contributed by atoms with Crippen molar-refractivity contribution in [3.05, 3.63) is 87.4 Å². The average molecular weight is 495 g/mol. The summed E-state index contributed by atoms with van der Waals surface area (Å²) in [5, 5.41) is 10.3. The van der Waals surface area contributed by atoms with Crippen LogP contribution in [-0.4, -0.2) is 26.4 Å². The number of rotatable bonds is 13. The monoisotopic (exact) mass is 494 g/mol. The average Bonchev–Trinajstić information content (AvgIpc) is 2.84. The molecular weight excluding hydrogens is 464 g/mol. The first-order chi connectivity index (χ1) is 16.9. The van der Waals surface area contributed by atoms with Gasteiger partial charge in [0.15, 0.2) is 5.78 Å². The Morgan fingerprint density at radius 3 is 2.40 bits per heavy atom. The maximum atomic E-state index is 13.0. The van der Waals surface area contributed by atoms with Crippen molar-refractivity contribution in [1.29, 1.82) is 0 Å². The summed E-state index contributed by atoms with van der Waals surface area (Å²) < 4.78 is 1.40. The number of ketones is 1. The number of unbranched alkanes of at least 4 members (excludes halogenated alkanes) is 2. The SMILES string of the molecule is CCCCCc1nc(-c2ccc(Cl)cc2)cc(=O)n1CC(=O)C[C@@H](CCc1ccccc1)C(=O)O. The van der Waals surface area contributed by atoms with Crippen LogP contribution in [-0.2, 0) is 29.0 Å². The number of carbonyl (C=O) groups excluding carboxylic acids is 1. The molecule has 0 aliphatic heterocycles. The predicted molar refractivity (Wildman–Crippen MR) is 138 cm³/mol. The molecule has 0 aliphatic rings. The fourth-order valence-corrected chi connectivity index (χ4v) is 4.16. The molecule has 1 heterocycles. The molecule has 35 heavy (non-hydrogen) atoms. The molecule has 0 amide bonds. The molecule has 0 spiro atoms. The summed E-state index contributed by atoms with van der Waals surface area (Å²) in [5.41, 5.74) is 2.02. The van der Waals surface area contributed by atoms with Crippen LogP contribution in [0.3, 0.4) is 0 Å². The topological polar surface area (TPSA) is 89.3 Å². The molecule has 0 fully saturated rings. The van der Waals surface area contributed by atoms with Gasteiger partial charge in [-0.2, -0.15) is 0 Å². The Morgan fingerprint density at radius 1 is 1.03 bits per heavy atom. The van der Waals surface area contributed by atoms with Gasteiger partial charge >= 0.3 is 5.97 Å². The van der Waals surface area contributed by atoms with Gasteiger partial charge in [-0.25, -0.2) is 4.98 Å². The third kappa shape index (κ3) is 7.89. The Hall–Kier alpha value is -3.25. The van der Waals surface area contributed by atoms with Crippen LogP contribution >= 0.6 is 11.6 Å². The number of hydrogen-bond acceptors (Lipinski definition) is 4. The first-order valence-corrected chi connectivity index (χ1v) is 12.4. The van der Waals surface area contributed by atoms with E-state index in [0.717, 1.165) is 30.4 Å². The second kappa shape index (κ2) is 13.0. The Bertz CT molecular complexity index is 1190. The van der Waals surface area contributed by atoms with Gasteiger partial charge in [0.1, 0.15) is 5.82 Å². The highest BCUT2D eigenvalue weighted by Crippen LogP contribution is 2.20. The van der Waals surface area contributed by atoms with Crippen molar-refractivity contribution in [3.63, 3.8) is 0 Å². The van der Waals surface area contributed by atoms with E-state index in [1.54, 1.807) is 24.3 Å². The minimum Gasteiger partial charge on any atom is -0.481 e. The third-order valence-corrected chi connectivity index (χ3v) is 6.27. The highest BCUT2D eigenvalue weighted by Gasteiger charge is 2.22. The van der Waals surface area contributed by atoms with Crippen LogP contribution in [0, 0.1) is 5.92 Å². The summed E-state index contributed by atoms with van der Waals surface area (Å²) in [4.78, 5) is 42.4. The van der Waals surface area contributed by atoms with Gasteiger partial charge in [0.05, 0.1) is 18.2 Å². The molecule has 3 rings (SSSR count). The molecule has 184 valence electrons. The van der Waals surface area contributed by atoms with Gasteiger partial charge in [0.25, 0.3) is 5.56 Å². The van der Waals surface area contributed by atoms with Gasteiger partial charge in [-0.05, 0) is 37.0 Å². The first-order valence-electron chi connectivity index (χ1n) is 12.0. The zero-order chi connectivity index (χ0) is 25.2. The fourth-order valence-electron chi connectivity index (χ4n) is 4.03. The molecule has 1 N–H and O–H groups in total. The number of nitrogens with zero attached hydrogens (tertiary/aromatic N) is 2. The van der Waals surface area contributed by atoms with Crippen molar-refractivity contribution < 1.29 is 14.7 Å². The molecule has 7 heteroatoms. The maximum absolute atomic E-state index is 13.0. The van der Waals surface area contributed by atoms with E-state index >= 15 is 0 Å². The van der Waals surface area contributed by atoms with Gasteiger partial charge in [0.2, 0.25) is 0 Å². The van der Waals surface area contributed by atoms with Gasteiger partial charge in [-0.15, -0.1) is 0 Å². The van der Waals surface area contributed by atoms with Gasteiger partial charge in [-0.1, -0.05) is 73.8 Å². The summed E-state index contributed by atoms with van der Waals surface area (Å²) in [6, 6.07) is 18.1. The molecular formula is C28H31ClN2O4. The number of benzene rings is 2. The predicted octanol–water partition coefficient (Wildman–Crippen LogP) is 5.59. The van der Waals surface area contributed by atoms with E-state index in [9.17, 15) is 19.5 Å². The van der Waals surface area contributed by atoms with Crippen LogP contribution < -0.4 is 5.56 Å². The number of carbonyl (C=O) groups is 2. The number of aromatic nitrogens is 2. The van der Waals surface area contributed by atoms with Crippen LogP contribution in [0.1, 0.15) is 50.4 Å². The van der Waals surface area contributed by atoms with Crippen LogP contribution in [0.5, 0.6) is 0 Å². The molecule has 6 nitrogen and oxygen atoms in total. The number of aryl methyl sites for hydroxylation is 2. The number of hydrogen-bond donors (Lipinski definition) is 1. The van der Waals surface area contributed by atoms with Crippen LogP contribution in [0.2, 0.25) is 5.02 Å². The number of carboxylic acids is 1. The molecule has 1 atom stereocenters. The standard InChI is InChI=1S/C28H31ClN2O4/c1-2-3-5-10-26-30-25(21-13-15-23(29)16-14-21)18-27(33)31(26)19-24(32)17-22(28(34)35)12-11-20-8-6-4-7-9-20/h4,6-9,13-16,18,22H,2-3,5,10-12,17,19H2,1H3,(H,34,35)/t22-/m1/s1. The second-order valence-electron chi connectivity index (χ2n) is 8.75. The highest BCUT2D eigenvalue weighted by atomic mass is 35.5. The molecule has 0 saturated heterocycles. The molecule has 0 unspecified atom stereocenters. The van der Waals surface area contributed by atoms with Crippen molar-refractivity contribution in [1.82, 2.24) is 9.55 Å². The van der Waals surface area contributed by atoms with Crippen molar-refractivity contribution in [2.75, 3.05) is 0 Å². The minimum absolute atomic E-state index is 0.123. The summed E-state index contributed by atoms with van der Waals surface area (Å²) >= 11 is 5.98. The largest absolute Gasteiger partial charge is 0.481 e. The fraction of sp³-hybridized carbons (Fsp3) is 0.357. The van der Waals surface area contributed by atoms with Gasteiger partial charge in [0, 0.05) is 29.5 Å². The lowest BCUT2D eigenvalue weighted by atomic mass is 9.94. The van der Waals surface area contributed by atoms with Crippen LogP contribution in [0.15, 0.2) is 65.5 Å². The van der Waals surface area contributed by atoms with Crippen LogP contribution in [0.4, 0.5) is 0 Å². The zero-order valence-electron chi connectivity index (χ0n) is 20.0. The summed E-state index contributed by atoms with van der Waals surface area (Å²) in [6.07, 6.45) is 4.21. The van der Waals surface area contributed by atoms with Crippen LogP contribution in [0.25, 0.3) is 11.3 Å². The van der Waals surface area contributed by atoms with E-state index in [1.807, 2.05) is 30.3 Å². The van der Waals surface area contributed by atoms with E-state index in [0.29, 0.717) is 35.8 Å². The zero-order valence-corrected chi connectivity index (χ0v) is 20.7. The first kappa shape index (κ1) is 26.4. The molecule has 0 saturated carbocycles. The maximum Gasteiger partial charge on any atom is 0.306 e. The lowest BCUT2D eigenvalue weighted by molar-refractivity contribution is -0.144. The number of halogens is 1. The third-order valence-electron chi connectivity index (χ3n) is 6.01. The van der Waals surface area contributed by atoms with E-state index in [4.69, 9.17) is 16.6 Å². The van der Waals surface area contributed by atoms with Crippen molar-refractivity contribution >= 4 is 23.4 Å². The highest BCUT2D eigenvalue weighted by molar-refractivity contribution is 6.30. The van der Waals surface area contributed by atoms with E-state index in [1.165, 1.54) is 10.6 Å². The molecule has 1 aromatic heterocycles. The van der Waals surface area contributed by atoms with E-state index in [2.05, 4.69) is 6.92 Å². The molecule has 3 aromatic rings. The lowest BCUT2D eigenvalue weighted by Gasteiger charge is -2.15. The van der Waals surface area contributed by atoms with Gasteiger partial charge in [-0.3, -0.25) is 19.0 Å². The Morgan fingerprint density at radius 2 is 1.74 bits per heavy atom. The molecule has 0 aliphatic carbocycles. The molecule has 0 radical (unpaired) electrons.